The lowest BCUT2D eigenvalue weighted by molar-refractivity contribution is -0.305. The van der Waals surface area contributed by atoms with Crippen molar-refractivity contribution in [1.29, 1.82) is 0 Å². The van der Waals surface area contributed by atoms with E-state index in [9.17, 15) is 49.2 Å². The van der Waals surface area contributed by atoms with Crippen LogP contribution in [0.15, 0.2) is 79.1 Å². The molecule has 2 saturated heterocycles. The molecule has 7 aromatic rings. The number of aromatic hydroxyl groups is 2. The van der Waals surface area contributed by atoms with Gasteiger partial charge < -0.3 is 87.8 Å². The summed E-state index contributed by atoms with van der Waals surface area (Å²) in [4.78, 5) is 86.4. The third-order valence-electron chi connectivity index (χ3n) is 13.6. The summed E-state index contributed by atoms with van der Waals surface area (Å²) in [5, 5.41) is 49.4. The number of thiophene rings is 1. The van der Waals surface area contributed by atoms with Gasteiger partial charge in [0, 0.05) is 36.7 Å². The van der Waals surface area contributed by atoms with Crippen LogP contribution >= 0.6 is 11.3 Å². The molecule has 0 radical (unpaired) electrons. The Bertz CT molecular complexity index is 3430. The van der Waals surface area contributed by atoms with Gasteiger partial charge in [-0.2, -0.15) is 0 Å². The van der Waals surface area contributed by atoms with Crippen molar-refractivity contribution >= 4 is 68.4 Å². The standard InChI is InChI=1S/C54H56N4O20S/c1-21-11-15-27(55-21)47(65)75-41-37(61)51(77-53(5,6)43(41)69-9)71-29-17-13-25-35(59)33(49(67)73-39(25)23(29)3)57-45(63)31-19-20-32(79-31)46(64)58-34-36(60)26-14-18-30(24(4)40(26)74-50(34)68)72-52-38(62)42(44(70-10)54(7,8)78-52)76-48(66)28-16-12-22(2)56-28/h11-20,37-38,41-44,51-52,55-56,61-62,67-68H,1-10H3,(H,57,63)(H,58,64). The first-order valence-electron chi connectivity index (χ1n) is 24.5. The Morgan fingerprint density at radius 1 is 0.582 bits per heavy atom. The number of fused-ring (bicyclic) bond motifs is 2. The van der Waals surface area contributed by atoms with E-state index < -0.39 is 118 Å². The first-order valence-corrected chi connectivity index (χ1v) is 25.3. The monoisotopic (exact) mass is 1110 g/mol. The first-order chi connectivity index (χ1) is 37.3. The van der Waals surface area contributed by atoms with Gasteiger partial charge in [0.1, 0.15) is 46.3 Å². The lowest BCUT2D eigenvalue weighted by atomic mass is 9.89. The van der Waals surface area contributed by atoms with E-state index in [0.29, 0.717) is 22.7 Å². The summed E-state index contributed by atoms with van der Waals surface area (Å²) in [6.07, 6.45) is -10.4. The zero-order valence-electron chi connectivity index (χ0n) is 44.1. The molecule has 8 N–H and O–H groups in total. The van der Waals surface area contributed by atoms with Crippen molar-refractivity contribution in [2.75, 3.05) is 24.9 Å². The number of esters is 2. The molecule has 2 aromatic carbocycles. The van der Waals surface area contributed by atoms with E-state index in [-0.39, 0.29) is 65.7 Å². The number of carbonyl (C=O) groups is 4. The van der Waals surface area contributed by atoms with Crippen molar-refractivity contribution in [2.24, 2.45) is 0 Å². The number of benzene rings is 2. The highest BCUT2D eigenvalue weighted by atomic mass is 32.1. The first kappa shape index (κ1) is 55.7. The number of carbonyl (C=O) groups excluding carboxylic acids is 4. The zero-order valence-corrected chi connectivity index (χ0v) is 44.9. The van der Waals surface area contributed by atoms with Crippen LogP contribution in [0.2, 0.25) is 0 Å². The summed E-state index contributed by atoms with van der Waals surface area (Å²) in [6.45, 7) is 13.2. The van der Waals surface area contributed by atoms with Crippen molar-refractivity contribution in [1.82, 2.24) is 9.97 Å². The molecule has 5 aromatic heterocycles. The number of hydrogen-bond donors (Lipinski definition) is 8. The molecule has 7 heterocycles. The van der Waals surface area contributed by atoms with Crippen molar-refractivity contribution in [3.8, 4) is 23.4 Å². The Balaban J connectivity index is 0.876. The van der Waals surface area contributed by atoms with E-state index in [0.717, 1.165) is 0 Å². The fraction of sp³-hybridized carbons (Fsp3) is 0.370. The number of aromatic nitrogens is 2. The number of aliphatic hydroxyl groups excluding tert-OH is 2. The van der Waals surface area contributed by atoms with E-state index in [4.69, 9.17) is 46.7 Å². The van der Waals surface area contributed by atoms with Crippen LogP contribution in [-0.4, -0.2) is 129 Å². The molecular weight excluding hydrogens is 1060 g/mol. The fourth-order valence-electron chi connectivity index (χ4n) is 9.62. The fourth-order valence-corrected chi connectivity index (χ4v) is 10.4. The van der Waals surface area contributed by atoms with Crippen LogP contribution in [0.5, 0.6) is 23.4 Å². The number of H-pyrrole nitrogens is 2. The van der Waals surface area contributed by atoms with E-state index in [1.54, 1.807) is 53.7 Å². The van der Waals surface area contributed by atoms with Crippen LogP contribution in [0, 0.1) is 27.7 Å². The maximum absolute atomic E-state index is 13.8. The van der Waals surface area contributed by atoms with Crippen molar-refractivity contribution in [3.05, 3.63) is 125 Å². The van der Waals surface area contributed by atoms with Gasteiger partial charge in [0.15, 0.2) is 35.8 Å². The molecule has 2 aliphatic heterocycles. The van der Waals surface area contributed by atoms with Gasteiger partial charge in [-0.25, -0.2) is 9.59 Å². The van der Waals surface area contributed by atoms with Gasteiger partial charge in [-0.05, 0) is 116 Å². The lowest BCUT2D eigenvalue weighted by Crippen LogP contribution is -2.65. The summed E-state index contributed by atoms with van der Waals surface area (Å²) in [7, 11) is 2.76. The molecule has 2 fully saturated rings. The molecule has 0 spiro atoms. The molecular formula is C54H56N4O20S. The highest BCUT2D eigenvalue weighted by Crippen LogP contribution is 2.40. The molecule has 0 bridgehead atoms. The number of rotatable bonds is 14. The average Bonchev–Trinajstić information content (AvgIpc) is 4.20. The van der Waals surface area contributed by atoms with Crippen LogP contribution in [0.25, 0.3) is 21.9 Å². The maximum atomic E-state index is 13.8. The molecule has 2 aliphatic rings. The third-order valence-corrected chi connectivity index (χ3v) is 14.7. The molecule has 8 unspecified atom stereocenters. The van der Waals surface area contributed by atoms with Gasteiger partial charge >= 0.3 is 23.8 Å². The highest BCUT2D eigenvalue weighted by Gasteiger charge is 2.55. The summed E-state index contributed by atoms with van der Waals surface area (Å²) >= 11 is 0.645. The summed E-state index contributed by atoms with van der Waals surface area (Å²) < 4.78 is 58.4. The predicted molar refractivity (Wildman–Crippen MR) is 280 cm³/mol. The second-order valence-corrected chi connectivity index (χ2v) is 21.1. The van der Waals surface area contributed by atoms with Crippen molar-refractivity contribution < 1.29 is 86.3 Å². The zero-order chi connectivity index (χ0) is 57.2. The molecule has 8 atom stereocenters. The van der Waals surface area contributed by atoms with E-state index in [1.165, 1.54) is 76.6 Å². The van der Waals surface area contributed by atoms with Gasteiger partial charge in [0.25, 0.3) is 11.8 Å². The van der Waals surface area contributed by atoms with Crippen molar-refractivity contribution in [3.63, 3.8) is 0 Å². The van der Waals surface area contributed by atoms with Crippen LogP contribution < -0.4 is 31.0 Å². The van der Waals surface area contributed by atoms with Crippen LogP contribution in [0.1, 0.15) is 90.5 Å². The summed E-state index contributed by atoms with van der Waals surface area (Å²) in [6, 6.07) is 14.3. The second kappa shape index (κ2) is 21.3. The van der Waals surface area contributed by atoms with E-state index in [1.807, 2.05) is 0 Å². The minimum Gasteiger partial charge on any atom is -0.479 e. The number of amides is 2. The number of aryl methyl sites for hydroxylation is 4. The Morgan fingerprint density at radius 3 is 1.30 bits per heavy atom. The van der Waals surface area contributed by atoms with Crippen LogP contribution in [0.4, 0.5) is 11.4 Å². The Hall–Kier alpha value is -8.04. The number of aliphatic hydroxyl groups is 2. The molecule has 2 amide bonds. The second-order valence-electron chi connectivity index (χ2n) is 20.0. The average molecular weight is 1110 g/mol. The van der Waals surface area contributed by atoms with Gasteiger partial charge in [-0.1, -0.05) is 0 Å². The Morgan fingerprint density at radius 2 is 0.962 bits per heavy atom. The van der Waals surface area contributed by atoms with Gasteiger partial charge in [-0.3, -0.25) is 19.2 Å². The molecule has 25 heteroatoms. The lowest BCUT2D eigenvalue weighted by Gasteiger charge is -2.47. The number of hydrogen-bond acceptors (Lipinski definition) is 21. The van der Waals surface area contributed by atoms with Crippen molar-refractivity contribution in [2.45, 2.75) is 116 Å². The topological polar surface area (TPSA) is 339 Å². The smallest absolute Gasteiger partial charge is 0.355 e. The highest BCUT2D eigenvalue weighted by molar-refractivity contribution is 7.16. The van der Waals surface area contributed by atoms with Gasteiger partial charge in [0.05, 0.1) is 31.7 Å². The molecule has 418 valence electrons. The summed E-state index contributed by atoms with van der Waals surface area (Å²) in [5.74, 6) is -5.20. The molecule has 9 rings (SSSR count). The normalized spacial score (nSPS) is 22.5. The molecule has 0 aliphatic carbocycles. The number of ether oxygens (including phenoxy) is 8. The largest absolute Gasteiger partial charge is 0.479 e. The van der Waals surface area contributed by atoms with Crippen LogP contribution in [0.3, 0.4) is 0 Å². The minimum atomic E-state index is -1.58. The molecule has 24 nitrogen and oxygen atoms in total. The van der Waals surface area contributed by atoms with E-state index in [2.05, 4.69) is 20.6 Å². The quantitative estimate of drug-likeness (QED) is 0.0579. The number of nitrogens with one attached hydrogen (secondary N) is 4. The van der Waals surface area contributed by atoms with E-state index >= 15 is 0 Å². The third kappa shape index (κ3) is 10.6. The van der Waals surface area contributed by atoms with Gasteiger partial charge in [-0.15, -0.1) is 11.3 Å². The molecule has 79 heavy (non-hydrogen) atoms. The number of aromatic amines is 2. The van der Waals surface area contributed by atoms with Crippen LogP contribution in [-0.2, 0) is 28.4 Å². The SMILES string of the molecule is COC1C(OC(=O)c2ccc(C)[nH]2)C(O)C(Oc2ccc3c(=O)c(NC(=O)c4ccc(C(=O)Nc5c(O)oc6c(C)c(OC7OC(C)(C)C(OC)C(OC(=O)c8ccc(C)[nH]8)C7O)ccc6c5=O)s4)c(O)oc3c2C)OC1(C)C. The predicted octanol–water partition coefficient (Wildman–Crippen LogP) is 6.00. The van der Waals surface area contributed by atoms with Gasteiger partial charge in [0.2, 0.25) is 23.4 Å². The number of methoxy groups -OCH3 is 2. The minimum absolute atomic E-state index is 0.0548. The summed E-state index contributed by atoms with van der Waals surface area (Å²) in [5.41, 5.74) is -3.48. The Kier molecular flexibility index (Phi) is 15.0. The number of anilines is 2. The Labute approximate surface area is 452 Å². The molecule has 0 saturated carbocycles. The maximum Gasteiger partial charge on any atom is 0.355 e.